The number of hydrogen-bond acceptors (Lipinski definition) is 3. The quantitative estimate of drug-likeness (QED) is 0.816. The van der Waals surface area contributed by atoms with E-state index in [0.717, 1.165) is 6.54 Å². The SMILES string of the molecule is CC(C)N(CCNC(=O)c1ccnc(Cl)c1)C(C)C. The zero-order valence-corrected chi connectivity index (χ0v) is 12.7. The summed E-state index contributed by atoms with van der Waals surface area (Å²) in [7, 11) is 0. The molecule has 1 N–H and O–H groups in total. The summed E-state index contributed by atoms with van der Waals surface area (Å²) in [5, 5.41) is 3.23. The molecule has 0 unspecified atom stereocenters. The Labute approximate surface area is 120 Å². The first-order valence-corrected chi connectivity index (χ1v) is 6.95. The van der Waals surface area contributed by atoms with Crippen LogP contribution in [0.25, 0.3) is 0 Å². The largest absolute Gasteiger partial charge is 0.351 e. The van der Waals surface area contributed by atoms with E-state index >= 15 is 0 Å². The first kappa shape index (κ1) is 15.9. The van der Waals surface area contributed by atoms with Gasteiger partial charge in [-0.2, -0.15) is 0 Å². The van der Waals surface area contributed by atoms with Gasteiger partial charge in [-0.15, -0.1) is 0 Å². The van der Waals surface area contributed by atoms with Gasteiger partial charge in [-0.05, 0) is 39.8 Å². The maximum Gasteiger partial charge on any atom is 0.251 e. The Morgan fingerprint density at radius 1 is 1.37 bits per heavy atom. The molecule has 19 heavy (non-hydrogen) atoms. The lowest BCUT2D eigenvalue weighted by Gasteiger charge is -2.30. The van der Waals surface area contributed by atoms with E-state index in [0.29, 0.717) is 29.3 Å². The summed E-state index contributed by atoms with van der Waals surface area (Å²) in [5.74, 6) is -0.114. The van der Waals surface area contributed by atoms with E-state index in [1.54, 1.807) is 12.1 Å². The Balaban J connectivity index is 2.47. The van der Waals surface area contributed by atoms with E-state index in [9.17, 15) is 4.79 Å². The second-order valence-corrected chi connectivity index (χ2v) is 5.44. The van der Waals surface area contributed by atoms with Crippen LogP contribution in [-0.2, 0) is 0 Å². The molecule has 0 aliphatic carbocycles. The molecule has 1 aromatic rings. The van der Waals surface area contributed by atoms with Crippen molar-refractivity contribution >= 4 is 17.5 Å². The molecule has 1 heterocycles. The number of aromatic nitrogens is 1. The van der Waals surface area contributed by atoms with Crippen LogP contribution in [0.5, 0.6) is 0 Å². The Morgan fingerprint density at radius 3 is 2.53 bits per heavy atom. The normalized spacial score (nSPS) is 11.4. The Bertz CT molecular complexity index is 413. The lowest BCUT2D eigenvalue weighted by Crippen LogP contribution is -2.42. The fraction of sp³-hybridized carbons (Fsp3) is 0.571. The van der Waals surface area contributed by atoms with Gasteiger partial charge in [0.1, 0.15) is 5.15 Å². The number of amides is 1. The van der Waals surface area contributed by atoms with Gasteiger partial charge in [0.2, 0.25) is 0 Å². The fourth-order valence-corrected chi connectivity index (χ4v) is 2.23. The van der Waals surface area contributed by atoms with Crippen LogP contribution in [-0.4, -0.2) is 41.0 Å². The first-order chi connectivity index (χ1) is 8.91. The highest BCUT2D eigenvalue weighted by Crippen LogP contribution is 2.07. The zero-order valence-electron chi connectivity index (χ0n) is 12.0. The van der Waals surface area contributed by atoms with Gasteiger partial charge in [-0.25, -0.2) is 4.98 Å². The van der Waals surface area contributed by atoms with E-state index in [4.69, 9.17) is 11.6 Å². The van der Waals surface area contributed by atoms with Crippen molar-refractivity contribution in [1.29, 1.82) is 0 Å². The maximum absolute atomic E-state index is 11.9. The monoisotopic (exact) mass is 283 g/mol. The Hall–Kier alpha value is -1.13. The first-order valence-electron chi connectivity index (χ1n) is 6.57. The van der Waals surface area contributed by atoms with Gasteiger partial charge < -0.3 is 5.32 Å². The van der Waals surface area contributed by atoms with E-state index < -0.39 is 0 Å². The highest BCUT2D eigenvalue weighted by molar-refractivity contribution is 6.29. The number of halogens is 1. The Morgan fingerprint density at radius 2 is 2.00 bits per heavy atom. The lowest BCUT2D eigenvalue weighted by atomic mass is 10.2. The number of nitrogens with one attached hydrogen (secondary N) is 1. The molecule has 0 radical (unpaired) electrons. The van der Waals surface area contributed by atoms with E-state index in [1.807, 2.05) is 0 Å². The summed E-state index contributed by atoms with van der Waals surface area (Å²) in [5.41, 5.74) is 0.542. The summed E-state index contributed by atoms with van der Waals surface area (Å²) in [6, 6.07) is 4.16. The minimum atomic E-state index is -0.114. The van der Waals surface area contributed by atoms with E-state index in [2.05, 4.69) is 42.9 Å². The Kier molecular flexibility index (Phi) is 6.25. The molecule has 1 aromatic heterocycles. The molecule has 0 aromatic carbocycles. The summed E-state index contributed by atoms with van der Waals surface area (Å²) in [6.07, 6.45) is 1.53. The molecule has 0 spiro atoms. The molecule has 0 aliphatic heterocycles. The number of carbonyl (C=O) groups excluding carboxylic acids is 1. The van der Waals surface area contributed by atoms with Crippen LogP contribution >= 0.6 is 11.6 Å². The lowest BCUT2D eigenvalue weighted by molar-refractivity contribution is 0.0939. The predicted octanol–water partition coefficient (Wildman–Crippen LogP) is 2.58. The van der Waals surface area contributed by atoms with Crippen molar-refractivity contribution < 1.29 is 4.79 Å². The third kappa shape index (κ3) is 5.17. The number of carbonyl (C=O) groups is 1. The molecular weight excluding hydrogens is 262 g/mol. The number of hydrogen-bond donors (Lipinski definition) is 1. The molecule has 0 saturated carbocycles. The van der Waals surface area contributed by atoms with Gasteiger partial charge in [0, 0.05) is 36.9 Å². The van der Waals surface area contributed by atoms with Crippen LogP contribution < -0.4 is 5.32 Å². The van der Waals surface area contributed by atoms with Crippen LogP contribution in [0, 0.1) is 0 Å². The molecule has 1 rings (SSSR count). The second kappa shape index (κ2) is 7.46. The predicted molar refractivity (Wildman–Crippen MR) is 78.6 cm³/mol. The van der Waals surface area contributed by atoms with Gasteiger partial charge in [0.25, 0.3) is 5.91 Å². The highest BCUT2D eigenvalue weighted by atomic mass is 35.5. The van der Waals surface area contributed by atoms with Crippen molar-refractivity contribution in [2.24, 2.45) is 0 Å². The molecule has 5 heteroatoms. The minimum absolute atomic E-state index is 0.114. The zero-order chi connectivity index (χ0) is 14.4. The summed E-state index contributed by atoms with van der Waals surface area (Å²) in [4.78, 5) is 18.1. The average molecular weight is 284 g/mol. The van der Waals surface area contributed by atoms with E-state index in [1.165, 1.54) is 6.20 Å². The molecule has 4 nitrogen and oxygen atoms in total. The van der Waals surface area contributed by atoms with Crippen LogP contribution in [0.3, 0.4) is 0 Å². The van der Waals surface area contributed by atoms with Crippen LogP contribution in [0.4, 0.5) is 0 Å². The summed E-state index contributed by atoms with van der Waals surface area (Å²) in [6.45, 7) is 10.1. The average Bonchev–Trinajstić information content (AvgIpc) is 2.33. The highest BCUT2D eigenvalue weighted by Gasteiger charge is 2.13. The van der Waals surface area contributed by atoms with Gasteiger partial charge in [-0.3, -0.25) is 9.69 Å². The number of nitrogens with zero attached hydrogens (tertiary/aromatic N) is 2. The topological polar surface area (TPSA) is 45.2 Å². The molecule has 1 amide bonds. The molecular formula is C14H22ClN3O. The van der Waals surface area contributed by atoms with Gasteiger partial charge in [-0.1, -0.05) is 11.6 Å². The van der Waals surface area contributed by atoms with Crippen molar-refractivity contribution in [2.75, 3.05) is 13.1 Å². The van der Waals surface area contributed by atoms with Crippen molar-refractivity contribution in [1.82, 2.24) is 15.2 Å². The third-order valence-electron chi connectivity index (χ3n) is 2.97. The van der Waals surface area contributed by atoms with Crippen molar-refractivity contribution in [2.45, 2.75) is 39.8 Å². The second-order valence-electron chi connectivity index (χ2n) is 5.05. The smallest absolute Gasteiger partial charge is 0.251 e. The van der Waals surface area contributed by atoms with E-state index in [-0.39, 0.29) is 5.91 Å². The van der Waals surface area contributed by atoms with Crippen molar-refractivity contribution in [3.05, 3.63) is 29.0 Å². The molecule has 0 bridgehead atoms. The third-order valence-corrected chi connectivity index (χ3v) is 3.18. The van der Waals surface area contributed by atoms with Crippen LogP contribution in [0.15, 0.2) is 18.3 Å². The molecule has 106 valence electrons. The van der Waals surface area contributed by atoms with Crippen LogP contribution in [0.1, 0.15) is 38.1 Å². The molecule has 0 fully saturated rings. The van der Waals surface area contributed by atoms with Crippen molar-refractivity contribution in [3.8, 4) is 0 Å². The number of rotatable bonds is 6. The molecule has 0 atom stereocenters. The van der Waals surface area contributed by atoms with Gasteiger partial charge in [0.05, 0.1) is 0 Å². The summed E-state index contributed by atoms with van der Waals surface area (Å²) < 4.78 is 0. The van der Waals surface area contributed by atoms with Gasteiger partial charge >= 0.3 is 0 Å². The van der Waals surface area contributed by atoms with Gasteiger partial charge in [0.15, 0.2) is 0 Å². The molecule has 0 saturated heterocycles. The standard InChI is InChI=1S/C14H22ClN3O/c1-10(2)18(11(3)4)8-7-17-14(19)12-5-6-16-13(15)9-12/h5-6,9-11H,7-8H2,1-4H3,(H,17,19). The van der Waals surface area contributed by atoms with Crippen LogP contribution in [0.2, 0.25) is 5.15 Å². The minimum Gasteiger partial charge on any atom is -0.351 e. The van der Waals surface area contributed by atoms with Crippen molar-refractivity contribution in [3.63, 3.8) is 0 Å². The maximum atomic E-state index is 11.9. The molecule has 0 aliphatic rings. The fourth-order valence-electron chi connectivity index (χ4n) is 2.06. The summed E-state index contributed by atoms with van der Waals surface area (Å²) >= 11 is 5.76. The number of pyridine rings is 1.